The van der Waals surface area contributed by atoms with Gasteiger partial charge in [-0.25, -0.2) is 12.8 Å². The van der Waals surface area contributed by atoms with E-state index in [1.165, 1.54) is 16.4 Å². The van der Waals surface area contributed by atoms with Gasteiger partial charge in [0.2, 0.25) is 15.9 Å². The molecule has 1 aromatic carbocycles. The number of hydrogen-bond acceptors (Lipinski definition) is 5. The first-order chi connectivity index (χ1) is 12.4. The third-order valence-corrected chi connectivity index (χ3v) is 7.64. The molecule has 4 rings (SSSR count). The molecule has 0 bridgehead atoms. The van der Waals surface area contributed by atoms with Crippen LogP contribution in [0.2, 0.25) is 0 Å². The number of sulfonamides is 1. The Morgan fingerprint density at radius 2 is 2.23 bits per heavy atom. The third-order valence-electron chi connectivity index (χ3n) is 5.84. The zero-order valence-corrected chi connectivity index (χ0v) is 15.7. The van der Waals surface area contributed by atoms with E-state index in [2.05, 4.69) is 10.1 Å². The maximum Gasteiger partial charge on any atom is 0.243 e. The molecule has 1 saturated carbocycles. The second-order valence-electron chi connectivity index (χ2n) is 7.32. The Balaban J connectivity index is 1.68. The van der Waals surface area contributed by atoms with Gasteiger partial charge >= 0.3 is 0 Å². The van der Waals surface area contributed by atoms with Crippen molar-refractivity contribution in [2.24, 2.45) is 5.92 Å². The third kappa shape index (κ3) is 2.58. The van der Waals surface area contributed by atoms with Crippen molar-refractivity contribution in [3.8, 4) is 0 Å². The molecule has 0 radical (unpaired) electrons. The van der Waals surface area contributed by atoms with E-state index in [1.54, 1.807) is 6.92 Å². The molecular formula is C18H22FN3O3S. The van der Waals surface area contributed by atoms with Gasteiger partial charge in [-0.2, -0.15) is 9.29 Å². The van der Waals surface area contributed by atoms with Crippen LogP contribution in [0, 0.1) is 18.7 Å². The Bertz CT molecular complexity index is 943. The van der Waals surface area contributed by atoms with E-state index >= 15 is 0 Å². The molecule has 2 heterocycles. The van der Waals surface area contributed by atoms with Gasteiger partial charge < -0.3 is 4.52 Å². The SMILES string of the molecule is CCc1nc([C@@]23CCC[C@@H]2CN(S(=O)(=O)c2ccc(C)c(F)c2)C3)no1. The van der Waals surface area contributed by atoms with E-state index in [1.807, 2.05) is 6.92 Å². The average Bonchev–Trinajstić information content (AvgIpc) is 3.30. The molecule has 0 unspecified atom stereocenters. The van der Waals surface area contributed by atoms with Gasteiger partial charge in [-0.15, -0.1) is 0 Å². The van der Waals surface area contributed by atoms with Crippen LogP contribution in [-0.4, -0.2) is 36.0 Å². The zero-order valence-electron chi connectivity index (χ0n) is 14.9. The molecule has 6 nitrogen and oxygen atoms in total. The molecule has 0 amide bonds. The number of hydrogen-bond donors (Lipinski definition) is 0. The van der Waals surface area contributed by atoms with Crippen molar-refractivity contribution in [3.63, 3.8) is 0 Å². The second-order valence-corrected chi connectivity index (χ2v) is 9.26. The van der Waals surface area contributed by atoms with Crippen molar-refractivity contribution >= 4 is 10.0 Å². The van der Waals surface area contributed by atoms with Crippen LogP contribution < -0.4 is 0 Å². The number of fused-ring (bicyclic) bond motifs is 1. The van der Waals surface area contributed by atoms with Gasteiger partial charge in [-0.3, -0.25) is 0 Å². The number of nitrogens with zero attached hydrogens (tertiary/aromatic N) is 3. The van der Waals surface area contributed by atoms with E-state index in [0.29, 0.717) is 36.8 Å². The summed E-state index contributed by atoms with van der Waals surface area (Å²) in [7, 11) is -3.76. The van der Waals surface area contributed by atoms with Gasteiger partial charge in [-0.05, 0) is 43.4 Å². The summed E-state index contributed by atoms with van der Waals surface area (Å²) < 4.78 is 46.8. The summed E-state index contributed by atoms with van der Waals surface area (Å²) in [6.45, 7) is 4.28. The van der Waals surface area contributed by atoms with Crippen LogP contribution in [0.25, 0.3) is 0 Å². The van der Waals surface area contributed by atoms with Gasteiger partial charge in [0, 0.05) is 19.5 Å². The van der Waals surface area contributed by atoms with Crippen molar-refractivity contribution < 1.29 is 17.3 Å². The first kappa shape index (κ1) is 17.6. The highest BCUT2D eigenvalue weighted by Gasteiger charge is 2.56. The number of benzene rings is 1. The van der Waals surface area contributed by atoms with Crippen LogP contribution >= 0.6 is 0 Å². The lowest BCUT2D eigenvalue weighted by molar-refractivity contribution is 0.329. The topological polar surface area (TPSA) is 76.3 Å². The van der Waals surface area contributed by atoms with Gasteiger partial charge in [-0.1, -0.05) is 24.6 Å². The lowest BCUT2D eigenvalue weighted by Crippen LogP contribution is -2.35. The molecule has 2 atom stereocenters. The lowest BCUT2D eigenvalue weighted by Gasteiger charge is -2.24. The normalized spacial score (nSPS) is 26.3. The molecule has 1 aliphatic heterocycles. The fourth-order valence-corrected chi connectivity index (χ4v) is 5.84. The number of aryl methyl sites for hydroxylation is 2. The molecule has 2 fully saturated rings. The fraction of sp³-hybridized carbons (Fsp3) is 0.556. The van der Waals surface area contributed by atoms with Crippen molar-refractivity contribution in [1.29, 1.82) is 0 Å². The van der Waals surface area contributed by atoms with Gasteiger partial charge in [0.15, 0.2) is 5.82 Å². The molecule has 0 spiro atoms. The molecule has 1 aromatic heterocycles. The van der Waals surface area contributed by atoms with E-state index < -0.39 is 21.3 Å². The molecule has 1 saturated heterocycles. The van der Waals surface area contributed by atoms with Crippen molar-refractivity contribution in [3.05, 3.63) is 41.3 Å². The van der Waals surface area contributed by atoms with E-state index in [4.69, 9.17) is 4.52 Å². The minimum absolute atomic E-state index is 0.00178. The quantitative estimate of drug-likeness (QED) is 0.816. The van der Waals surface area contributed by atoms with Crippen molar-refractivity contribution in [1.82, 2.24) is 14.4 Å². The summed E-state index contributed by atoms with van der Waals surface area (Å²) in [4.78, 5) is 4.50. The van der Waals surface area contributed by atoms with E-state index in [-0.39, 0.29) is 10.8 Å². The molecule has 1 aliphatic carbocycles. The highest BCUT2D eigenvalue weighted by atomic mass is 32.2. The standard InChI is InChI=1S/C18H22FN3O3S/c1-3-16-20-17(21-25-16)18-8-4-5-13(18)10-22(11-18)26(23,24)14-7-6-12(2)15(19)9-14/h6-7,9,13H,3-5,8,10-11H2,1-2H3/t13-,18-/m1/s1. The molecule has 140 valence electrons. The summed E-state index contributed by atoms with van der Waals surface area (Å²) in [6.07, 6.45) is 3.45. The minimum atomic E-state index is -3.76. The Morgan fingerprint density at radius 3 is 2.92 bits per heavy atom. The molecule has 0 N–H and O–H groups in total. The van der Waals surface area contributed by atoms with E-state index in [9.17, 15) is 12.8 Å². The van der Waals surface area contributed by atoms with Gasteiger partial charge in [0.25, 0.3) is 0 Å². The average molecular weight is 379 g/mol. The number of rotatable bonds is 4. The Kier molecular flexibility index (Phi) is 4.15. The summed E-state index contributed by atoms with van der Waals surface area (Å²) in [6, 6.07) is 4.08. The predicted octanol–water partition coefficient (Wildman–Crippen LogP) is 2.82. The van der Waals surface area contributed by atoms with Crippen LogP contribution in [0.1, 0.15) is 43.5 Å². The first-order valence-electron chi connectivity index (χ1n) is 8.96. The molecule has 8 heteroatoms. The van der Waals surface area contributed by atoms with Crippen LogP contribution in [0.4, 0.5) is 4.39 Å². The summed E-state index contributed by atoms with van der Waals surface area (Å²) in [5.74, 6) is 0.840. The zero-order chi connectivity index (χ0) is 18.5. The summed E-state index contributed by atoms with van der Waals surface area (Å²) >= 11 is 0. The van der Waals surface area contributed by atoms with Crippen molar-refractivity contribution in [2.45, 2.75) is 49.8 Å². The molecular weight excluding hydrogens is 357 g/mol. The minimum Gasteiger partial charge on any atom is -0.339 e. The first-order valence-corrected chi connectivity index (χ1v) is 10.4. The maximum absolute atomic E-state index is 13.9. The predicted molar refractivity (Wildman–Crippen MR) is 92.6 cm³/mol. The Morgan fingerprint density at radius 1 is 1.42 bits per heavy atom. The monoisotopic (exact) mass is 379 g/mol. The van der Waals surface area contributed by atoms with Crippen molar-refractivity contribution in [2.75, 3.05) is 13.1 Å². The molecule has 2 aromatic rings. The summed E-state index contributed by atoms with van der Waals surface area (Å²) in [5.41, 5.74) is 0.0327. The smallest absolute Gasteiger partial charge is 0.243 e. The highest BCUT2D eigenvalue weighted by Crippen LogP contribution is 2.50. The van der Waals surface area contributed by atoms with Gasteiger partial charge in [0.05, 0.1) is 10.3 Å². The highest BCUT2D eigenvalue weighted by molar-refractivity contribution is 7.89. The molecule has 26 heavy (non-hydrogen) atoms. The second kappa shape index (κ2) is 6.13. The summed E-state index contributed by atoms with van der Waals surface area (Å²) in [5, 5.41) is 4.15. The molecule has 2 aliphatic rings. The van der Waals surface area contributed by atoms with Crippen LogP contribution in [0.5, 0.6) is 0 Å². The lowest BCUT2D eigenvalue weighted by atomic mass is 9.80. The van der Waals surface area contributed by atoms with Gasteiger partial charge in [0.1, 0.15) is 5.82 Å². The Hall–Kier alpha value is -1.80. The Labute approximate surface area is 152 Å². The fourth-order valence-electron chi connectivity index (χ4n) is 4.28. The van der Waals surface area contributed by atoms with Crippen LogP contribution in [0.15, 0.2) is 27.6 Å². The van der Waals surface area contributed by atoms with Crippen LogP contribution in [0.3, 0.4) is 0 Å². The van der Waals surface area contributed by atoms with Crippen LogP contribution in [-0.2, 0) is 21.9 Å². The number of halogens is 1. The maximum atomic E-state index is 13.9. The largest absolute Gasteiger partial charge is 0.339 e. The number of aromatic nitrogens is 2. The van der Waals surface area contributed by atoms with E-state index in [0.717, 1.165) is 25.3 Å².